The molecule has 48 heavy (non-hydrogen) atoms. The molecule has 3 atom stereocenters. The third kappa shape index (κ3) is 13.8. The van der Waals surface area contributed by atoms with Gasteiger partial charge >= 0.3 is 17.9 Å². The maximum atomic E-state index is 13.4. The number of carbonyl (C=O) groups is 5. The lowest BCUT2D eigenvalue weighted by Crippen LogP contribution is -2.55. The van der Waals surface area contributed by atoms with Crippen LogP contribution in [0.5, 0.6) is 0 Å². The third-order valence-electron chi connectivity index (χ3n) is 8.45. The molecule has 262 valence electrons. The van der Waals surface area contributed by atoms with E-state index in [2.05, 4.69) is 12.2 Å². The monoisotopic (exact) mass is 665 g/mol. The molecule has 0 bridgehead atoms. The number of unbranched alkanes of at least 4 members (excludes halogenated alkanes) is 8. The first-order chi connectivity index (χ1) is 22.9. The Morgan fingerprint density at radius 3 is 1.83 bits per heavy atom. The van der Waals surface area contributed by atoms with Crippen LogP contribution in [0, 0.1) is 12.8 Å². The largest absolute Gasteiger partial charge is 0.481 e. The number of benzene rings is 2. The van der Waals surface area contributed by atoms with Gasteiger partial charge in [0.1, 0.15) is 11.8 Å². The number of ketones is 1. The van der Waals surface area contributed by atoms with Gasteiger partial charge in [-0.05, 0) is 49.3 Å². The summed E-state index contributed by atoms with van der Waals surface area (Å²) < 4.78 is 0. The minimum Gasteiger partial charge on any atom is -0.481 e. The number of hydrogen-bond donors (Lipinski definition) is 5. The second-order valence-corrected chi connectivity index (χ2v) is 12.5. The van der Waals surface area contributed by atoms with E-state index in [4.69, 9.17) is 0 Å². The second kappa shape index (κ2) is 20.8. The number of carboxylic acid groups (broad SMARTS) is 3. The van der Waals surface area contributed by atoms with Crippen molar-refractivity contribution in [3.8, 4) is 11.1 Å². The van der Waals surface area contributed by atoms with E-state index in [-0.39, 0.29) is 12.2 Å². The number of hydrogen-bond acceptors (Lipinski definition) is 6. The number of amides is 1. The molecule has 0 aliphatic carbocycles. The predicted octanol–water partition coefficient (Wildman–Crippen LogP) is 6.51. The van der Waals surface area contributed by atoms with Crippen LogP contribution in [0.15, 0.2) is 60.7 Å². The minimum atomic E-state index is -3.01. The van der Waals surface area contributed by atoms with E-state index in [1.54, 1.807) is 12.1 Å². The zero-order valence-electron chi connectivity index (χ0n) is 28.2. The Kier molecular flexibility index (Phi) is 17.3. The van der Waals surface area contributed by atoms with Crippen LogP contribution in [-0.4, -0.2) is 61.7 Å². The summed E-state index contributed by atoms with van der Waals surface area (Å²) in [5, 5.41) is 42.2. The number of rotatable bonds is 24. The third-order valence-corrected chi connectivity index (χ3v) is 8.45. The lowest BCUT2D eigenvalue weighted by Gasteiger charge is -2.29. The van der Waals surface area contributed by atoms with Crippen LogP contribution >= 0.6 is 0 Å². The van der Waals surface area contributed by atoms with Crippen molar-refractivity contribution in [1.82, 2.24) is 5.32 Å². The lowest BCUT2D eigenvalue weighted by atomic mass is 9.82. The highest BCUT2D eigenvalue weighted by Crippen LogP contribution is 2.26. The van der Waals surface area contributed by atoms with Crippen molar-refractivity contribution in [3.05, 3.63) is 71.8 Å². The van der Waals surface area contributed by atoms with Crippen LogP contribution in [0.25, 0.3) is 11.1 Å². The molecule has 0 unspecified atom stereocenters. The molecule has 2 rings (SSSR count). The Balaban J connectivity index is 2.02. The van der Waals surface area contributed by atoms with Gasteiger partial charge in [0, 0.05) is 19.3 Å². The zero-order valence-corrected chi connectivity index (χ0v) is 28.2. The van der Waals surface area contributed by atoms with Crippen LogP contribution in [0.4, 0.5) is 0 Å². The molecule has 1 amide bonds. The maximum Gasteiger partial charge on any atom is 0.337 e. The Morgan fingerprint density at radius 2 is 1.31 bits per heavy atom. The maximum absolute atomic E-state index is 13.4. The van der Waals surface area contributed by atoms with Crippen LogP contribution in [0.3, 0.4) is 0 Å². The van der Waals surface area contributed by atoms with Crippen molar-refractivity contribution >= 4 is 29.6 Å². The van der Waals surface area contributed by atoms with Crippen LogP contribution < -0.4 is 5.32 Å². The number of aryl methyl sites for hydroxylation is 1. The van der Waals surface area contributed by atoms with E-state index >= 15 is 0 Å². The summed E-state index contributed by atoms with van der Waals surface area (Å²) in [7, 11) is 0. The number of allylic oxidation sites excluding steroid dienone is 1. The molecule has 2 aromatic carbocycles. The van der Waals surface area contributed by atoms with Crippen molar-refractivity contribution in [1.29, 1.82) is 0 Å². The SMILES string of the molecule is CCCCCCCC(=O)CCCCCC/C=C/[C@@H](C(=O)N[C@@H](Cc1ccc(-c2ccc(C)cc2)cc1)C(=O)O)[C@@](O)(CC(=O)O)C(=O)O. The van der Waals surface area contributed by atoms with Crippen molar-refractivity contribution in [2.75, 3.05) is 0 Å². The highest BCUT2D eigenvalue weighted by atomic mass is 16.4. The minimum absolute atomic E-state index is 0.128. The number of carbonyl (C=O) groups excluding carboxylic acids is 2. The average Bonchev–Trinajstić information content (AvgIpc) is 3.03. The topological polar surface area (TPSA) is 178 Å². The summed E-state index contributed by atoms with van der Waals surface area (Å²) in [6, 6.07) is 13.6. The molecule has 0 saturated heterocycles. The van der Waals surface area contributed by atoms with Crippen molar-refractivity contribution < 1.29 is 44.4 Å². The molecule has 2 aromatic rings. The Morgan fingerprint density at radius 1 is 0.771 bits per heavy atom. The molecule has 0 saturated carbocycles. The van der Waals surface area contributed by atoms with Gasteiger partial charge in [-0.25, -0.2) is 9.59 Å². The van der Waals surface area contributed by atoms with E-state index in [1.807, 2.05) is 43.3 Å². The fourth-order valence-corrected chi connectivity index (χ4v) is 5.51. The van der Waals surface area contributed by atoms with Crippen molar-refractivity contribution in [2.45, 2.75) is 115 Å². The van der Waals surface area contributed by atoms with Crippen LogP contribution in [-0.2, 0) is 30.4 Å². The number of carboxylic acids is 3. The van der Waals surface area contributed by atoms with E-state index < -0.39 is 47.8 Å². The normalized spacial score (nSPS) is 13.8. The lowest BCUT2D eigenvalue weighted by molar-refractivity contribution is -0.172. The van der Waals surface area contributed by atoms with Gasteiger partial charge in [0.25, 0.3) is 0 Å². The zero-order chi connectivity index (χ0) is 35.5. The van der Waals surface area contributed by atoms with Crippen molar-refractivity contribution in [3.63, 3.8) is 0 Å². The first kappa shape index (κ1) is 39.9. The predicted molar refractivity (Wildman–Crippen MR) is 183 cm³/mol. The molecular formula is C38H51NO9. The van der Waals surface area contributed by atoms with Gasteiger partial charge in [-0.1, -0.05) is 112 Å². The molecular weight excluding hydrogens is 614 g/mol. The van der Waals surface area contributed by atoms with E-state index in [0.717, 1.165) is 67.7 Å². The molecule has 5 N–H and O–H groups in total. The number of aliphatic carboxylic acids is 3. The number of nitrogens with one attached hydrogen (secondary N) is 1. The van der Waals surface area contributed by atoms with Crippen LogP contribution in [0.2, 0.25) is 0 Å². The molecule has 0 radical (unpaired) electrons. The number of Topliss-reactive ketones (excluding diaryl/α,β-unsaturated/α-hetero) is 1. The van der Waals surface area contributed by atoms with E-state index in [1.165, 1.54) is 12.5 Å². The summed E-state index contributed by atoms with van der Waals surface area (Å²) in [6.07, 6.45) is 11.4. The molecule has 0 fully saturated rings. The molecule has 0 spiro atoms. The van der Waals surface area contributed by atoms with E-state index in [9.17, 15) is 44.4 Å². The van der Waals surface area contributed by atoms with Gasteiger partial charge in [-0.15, -0.1) is 0 Å². The van der Waals surface area contributed by atoms with Gasteiger partial charge in [-0.2, -0.15) is 0 Å². The number of aliphatic hydroxyl groups is 1. The Bertz CT molecular complexity index is 1370. The average molecular weight is 666 g/mol. The van der Waals surface area contributed by atoms with Gasteiger partial charge in [-0.3, -0.25) is 14.4 Å². The summed E-state index contributed by atoms with van der Waals surface area (Å²) in [5.74, 6) is -7.64. The quantitative estimate of drug-likeness (QED) is 0.0618. The molecule has 10 nitrogen and oxygen atoms in total. The highest BCUT2D eigenvalue weighted by molar-refractivity contribution is 5.94. The van der Waals surface area contributed by atoms with Gasteiger partial charge in [0.05, 0.1) is 12.3 Å². The first-order valence-corrected chi connectivity index (χ1v) is 16.9. The summed E-state index contributed by atoms with van der Waals surface area (Å²) >= 11 is 0. The first-order valence-electron chi connectivity index (χ1n) is 16.9. The smallest absolute Gasteiger partial charge is 0.337 e. The molecule has 0 aromatic heterocycles. The molecule has 0 heterocycles. The van der Waals surface area contributed by atoms with Crippen LogP contribution in [0.1, 0.15) is 102 Å². The molecule has 0 aliphatic rings. The van der Waals surface area contributed by atoms with E-state index in [0.29, 0.717) is 31.2 Å². The second-order valence-electron chi connectivity index (χ2n) is 12.5. The summed E-state index contributed by atoms with van der Waals surface area (Å²) in [5.41, 5.74) is 0.599. The fraction of sp³-hybridized carbons (Fsp3) is 0.500. The Hall–Kier alpha value is -4.31. The summed E-state index contributed by atoms with van der Waals surface area (Å²) in [4.78, 5) is 61.2. The standard InChI is InChI=1S/C38H51NO9/c1-3-4-5-8-11-14-31(40)15-12-9-6-7-10-13-16-32(38(48,37(46)47)26-34(41)42)35(43)39-33(36(44)45)25-28-19-23-30(24-20-28)29-21-17-27(2)18-22-29/h13,16-24,32-33,48H,3-12,14-15,25-26H2,1-2H3,(H,39,43)(H,41,42)(H,44,45)(H,46,47)/b16-13+/t32-,33-,38-/m0/s1. The van der Waals surface area contributed by atoms with Gasteiger partial charge in [0.15, 0.2) is 5.60 Å². The molecule has 0 aliphatic heterocycles. The highest BCUT2D eigenvalue weighted by Gasteiger charge is 2.49. The fourth-order valence-electron chi connectivity index (χ4n) is 5.51. The van der Waals surface area contributed by atoms with Crippen molar-refractivity contribution in [2.24, 2.45) is 5.92 Å². The van der Waals surface area contributed by atoms with Gasteiger partial charge < -0.3 is 25.7 Å². The summed E-state index contributed by atoms with van der Waals surface area (Å²) in [6.45, 7) is 4.13. The van der Waals surface area contributed by atoms with Gasteiger partial charge in [0.2, 0.25) is 5.91 Å². The Labute approximate surface area is 283 Å². The molecule has 10 heteroatoms.